The number of hydrogen-bond donors (Lipinski definition) is 1. The van der Waals surface area contributed by atoms with Crippen molar-refractivity contribution in [3.63, 3.8) is 0 Å². The molecule has 0 unspecified atom stereocenters. The molecule has 1 aromatic carbocycles. The van der Waals surface area contributed by atoms with E-state index >= 15 is 0 Å². The number of nitrogens with zero attached hydrogens (tertiary/aromatic N) is 1. The van der Waals surface area contributed by atoms with Gasteiger partial charge in [0.05, 0.1) is 25.4 Å². The van der Waals surface area contributed by atoms with Crippen molar-refractivity contribution in [3.05, 3.63) is 24.8 Å². The zero-order chi connectivity index (χ0) is 10.8. The van der Waals surface area contributed by atoms with E-state index in [9.17, 15) is 0 Å². The Morgan fingerprint density at radius 2 is 1.93 bits per heavy atom. The molecule has 1 aromatic heterocycles. The summed E-state index contributed by atoms with van der Waals surface area (Å²) in [7, 11) is 3.23. The number of rotatable bonds is 3. The van der Waals surface area contributed by atoms with Gasteiger partial charge in [0.2, 0.25) is 0 Å². The number of hydrogen-bond acceptors (Lipinski definition) is 3. The Balaban J connectivity index is 2.66. The van der Waals surface area contributed by atoms with Crippen LogP contribution in [0.5, 0.6) is 11.5 Å². The van der Waals surface area contributed by atoms with Crippen LogP contribution in [0.3, 0.4) is 0 Å². The predicted octanol–water partition coefficient (Wildman–Crippen LogP) is 1.96. The number of aromatic nitrogens is 2. The summed E-state index contributed by atoms with van der Waals surface area (Å²) in [5, 5.41) is 8.14. The fraction of sp³-hybridized carbons (Fsp3) is 0.273. The Bertz CT molecular complexity index is 477. The molecule has 0 aliphatic heterocycles. The minimum Gasteiger partial charge on any atom is -0.493 e. The van der Waals surface area contributed by atoms with Gasteiger partial charge in [-0.05, 0) is 19.4 Å². The zero-order valence-electron chi connectivity index (χ0n) is 8.83. The molecule has 0 saturated carbocycles. The number of fused-ring (bicyclic) bond motifs is 1. The van der Waals surface area contributed by atoms with Crippen LogP contribution >= 0.6 is 0 Å². The molecule has 4 heteroatoms. The van der Waals surface area contributed by atoms with Crippen molar-refractivity contribution in [2.75, 3.05) is 14.2 Å². The zero-order valence-corrected chi connectivity index (χ0v) is 8.83. The van der Waals surface area contributed by atoms with Crippen LogP contribution in [-0.2, 0) is 6.42 Å². The third-order valence-corrected chi connectivity index (χ3v) is 2.38. The fourth-order valence-corrected chi connectivity index (χ4v) is 1.59. The van der Waals surface area contributed by atoms with E-state index in [4.69, 9.17) is 9.47 Å². The number of methoxy groups -OCH3 is 2. The lowest BCUT2D eigenvalue weighted by Gasteiger charge is -2.06. The van der Waals surface area contributed by atoms with Crippen LogP contribution < -0.4 is 9.47 Å². The van der Waals surface area contributed by atoms with Gasteiger partial charge < -0.3 is 9.47 Å². The largest absolute Gasteiger partial charge is 0.493 e. The molecule has 0 atom stereocenters. The van der Waals surface area contributed by atoms with E-state index in [0.29, 0.717) is 17.9 Å². The molecule has 0 saturated heterocycles. The summed E-state index contributed by atoms with van der Waals surface area (Å²) in [4.78, 5) is 0. The first-order valence-corrected chi connectivity index (χ1v) is 4.68. The molecule has 0 aliphatic carbocycles. The molecule has 79 valence electrons. The van der Waals surface area contributed by atoms with Gasteiger partial charge in [-0.2, -0.15) is 5.10 Å². The van der Waals surface area contributed by atoms with E-state index in [2.05, 4.69) is 17.1 Å². The van der Waals surface area contributed by atoms with Crippen LogP contribution in [0.2, 0.25) is 0 Å². The summed E-state index contributed by atoms with van der Waals surface area (Å²) in [6, 6.07) is 3.79. The Morgan fingerprint density at radius 1 is 1.27 bits per heavy atom. The van der Waals surface area contributed by atoms with Crippen LogP contribution in [-0.4, -0.2) is 24.4 Å². The minimum absolute atomic E-state index is 0.648. The van der Waals surface area contributed by atoms with E-state index < -0.39 is 0 Å². The maximum atomic E-state index is 5.23. The van der Waals surface area contributed by atoms with Crippen LogP contribution in [0.15, 0.2) is 12.1 Å². The summed E-state index contributed by atoms with van der Waals surface area (Å²) >= 11 is 0. The van der Waals surface area contributed by atoms with Gasteiger partial charge in [-0.25, -0.2) is 0 Å². The highest BCUT2D eigenvalue weighted by atomic mass is 16.5. The van der Waals surface area contributed by atoms with Crippen LogP contribution in [0, 0.1) is 6.92 Å². The molecule has 0 fully saturated rings. The van der Waals surface area contributed by atoms with Gasteiger partial charge >= 0.3 is 0 Å². The van der Waals surface area contributed by atoms with Gasteiger partial charge in [-0.1, -0.05) is 0 Å². The van der Waals surface area contributed by atoms with Gasteiger partial charge in [-0.3, -0.25) is 5.10 Å². The molecule has 15 heavy (non-hydrogen) atoms. The normalized spacial score (nSPS) is 10.6. The van der Waals surface area contributed by atoms with Crippen molar-refractivity contribution in [3.8, 4) is 11.5 Å². The van der Waals surface area contributed by atoms with Gasteiger partial charge in [0, 0.05) is 11.5 Å². The molecule has 1 heterocycles. The standard InChI is InChI=1S/C11H13N2O2/c1-4-8-7-5-10(14-2)11(15-3)6-9(7)13-12-8/h5-6H,1,4H2,2-3H3,(H,12,13). The maximum Gasteiger partial charge on any atom is 0.162 e. The Labute approximate surface area is 88.2 Å². The molecular formula is C11H13N2O2. The molecule has 1 N–H and O–H groups in total. The van der Waals surface area contributed by atoms with Gasteiger partial charge in [-0.15, -0.1) is 0 Å². The first-order chi connectivity index (χ1) is 7.30. The molecule has 0 bridgehead atoms. The summed E-state index contributed by atoms with van der Waals surface area (Å²) in [6.45, 7) is 3.82. The van der Waals surface area contributed by atoms with E-state index in [1.165, 1.54) is 0 Å². The highest BCUT2D eigenvalue weighted by molar-refractivity contribution is 5.85. The summed E-state index contributed by atoms with van der Waals surface area (Å²) in [5.74, 6) is 1.41. The topological polar surface area (TPSA) is 47.1 Å². The van der Waals surface area contributed by atoms with E-state index in [1.54, 1.807) is 14.2 Å². The first kappa shape index (κ1) is 9.83. The Kier molecular flexibility index (Phi) is 2.49. The molecular weight excluding hydrogens is 192 g/mol. The van der Waals surface area contributed by atoms with E-state index in [-0.39, 0.29) is 0 Å². The maximum absolute atomic E-state index is 5.23. The monoisotopic (exact) mass is 205 g/mol. The average Bonchev–Trinajstić information content (AvgIpc) is 2.68. The second-order valence-corrected chi connectivity index (χ2v) is 3.17. The quantitative estimate of drug-likeness (QED) is 0.833. The first-order valence-electron chi connectivity index (χ1n) is 4.68. The second-order valence-electron chi connectivity index (χ2n) is 3.17. The lowest BCUT2D eigenvalue weighted by atomic mass is 10.1. The Morgan fingerprint density at radius 3 is 2.53 bits per heavy atom. The van der Waals surface area contributed by atoms with Crippen molar-refractivity contribution in [2.24, 2.45) is 0 Å². The number of benzene rings is 1. The predicted molar refractivity (Wildman–Crippen MR) is 58.3 cm³/mol. The number of nitrogens with one attached hydrogen (secondary N) is 1. The van der Waals surface area contributed by atoms with Gasteiger partial charge in [0.1, 0.15) is 0 Å². The fourth-order valence-electron chi connectivity index (χ4n) is 1.59. The average molecular weight is 205 g/mol. The molecule has 0 amide bonds. The number of ether oxygens (including phenoxy) is 2. The third-order valence-electron chi connectivity index (χ3n) is 2.38. The van der Waals surface area contributed by atoms with Crippen molar-refractivity contribution in [1.29, 1.82) is 0 Å². The molecule has 0 spiro atoms. The van der Waals surface area contributed by atoms with E-state index in [0.717, 1.165) is 16.6 Å². The highest BCUT2D eigenvalue weighted by Gasteiger charge is 2.10. The van der Waals surface area contributed by atoms with Crippen molar-refractivity contribution in [2.45, 2.75) is 6.42 Å². The summed E-state index contributed by atoms with van der Waals surface area (Å²) in [6.07, 6.45) is 0.648. The van der Waals surface area contributed by atoms with Gasteiger partial charge in [0.25, 0.3) is 0 Å². The van der Waals surface area contributed by atoms with Crippen LogP contribution in [0.4, 0.5) is 0 Å². The lowest BCUT2D eigenvalue weighted by molar-refractivity contribution is 0.356. The van der Waals surface area contributed by atoms with E-state index in [1.807, 2.05) is 12.1 Å². The Hall–Kier alpha value is -1.71. The number of H-pyrrole nitrogens is 1. The van der Waals surface area contributed by atoms with Crippen molar-refractivity contribution >= 4 is 10.9 Å². The molecule has 2 aromatic rings. The SMILES string of the molecule is [CH2]Cc1n[nH]c2cc(OC)c(OC)cc12. The minimum atomic E-state index is 0.648. The third kappa shape index (κ3) is 1.52. The van der Waals surface area contributed by atoms with Crippen molar-refractivity contribution < 1.29 is 9.47 Å². The van der Waals surface area contributed by atoms with Gasteiger partial charge in [0.15, 0.2) is 11.5 Å². The smallest absolute Gasteiger partial charge is 0.162 e. The van der Waals surface area contributed by atoms with Crippen LogP contribution in [0.25, 0.3) is 10.9 Å². The van der Waals surface area contributed by atoms with Crippen LogP contribution in [0.1, 0.15) is 5.69 Å². The summed E-state index contributed by atoms with van der Waals surface area (Å²) < 4.78 is 10.4. The highest BCUT2D eigenvalue weighted by Crippen LogP contribution is 2.32. The molecule has 0 aliphatic rings. The molecule has 4 nitrogen and oxygen atoms in total. The summed E-state index contributed by atoms with van der Waals surface area (Å²) in [5.41, 5.74) is 1.87. The number of aromatic amines is 1. The van der Waals surface area contributed by atoms with Crippen molar-refractivity contribution in [1.82, 2.24) is 10.2 Å². The second kappa shape index (κ2) is 3.81. The molecule has 1 radical (unpaired) electrons. The lowest BCUT2D eigenvalue weighted by Crippen LogP contribution is -1.90. The molecule has 2 rings (SSSR count).